The van der Waals surface area contributed by atoms with E-state index >= 15 is 0 Å². The topological polar surface area (TPSA) is 40.5 Å². The Kier molecular flexibility index (Phi) is 4.89. The van der Waals surface area contributed by atoms with E-state index < -0.39 is 0 Å². The van der Waals surface area contributed by atoms with Crippen molar-refractivity contribution in [2.24, 2.45) is 10.4 Å². The van der Waals surface area contributed by atoms with E-state index in [1.165, 1.54) is 16.7 Å². The lowest BCUT2D eigenvalue weighted by Crippen LogP contribution is -2.49. The Morgan fingerprint density at radius 3 is 2.79 bits per heavy atom. The lowest BCUT2D eigenvalue weighted by Gasteiger charge is -2.45. The van der Waals surface area contributed by atoms with Gasteiger partial charge >= 0.3 is 0 Å². The Morgan fingerprint density at radius 1 is 1.21 bits per heavy atom. The van der Waals surface area contributed by atoms with Crippen LogP contribution in [0.1, 0.15) is 29.7 Å². The molecule has 0 amide bonds. The fourth-order valence-electron chi connectivity index (χ4n) is 4.72. The van der Waals surface area contributed by atoms with Crippen LogP contribution in [0.2, 0.25) is 10.0 Å². The van der Waals surface area contributed by atoms with Crippen molar-refractivity contribution in [2.75, 3.05) is 32.0 Å². The highest BCUT2D eigenvalue weighted by molar-refractivity contribution is 6.42. The van der Waals surface area contributed by atoms with Gasteiger partial charge in [0.15, 0.2) is 0 Å². The normalized spacial score (nSPS) is 21.6. The summed E-state index contributed by atoms with van der Waals surface area (Å²) in [4.78, 5) is 12.0. The van der Waals surface area contributed by atoms with Crippen molar-refractivity contribution in [2.45, 2.75) is 25.7 Å². The minimum Gasteiger partial charge on any atom is -0.343 e. The summed E-state index contributed by atoms with van der Waals surface area (Å²) in [6.07, 6.45) is 8.14. The molecule has 1 aromatic heterocycles. The Bertz CT molecular complexity index is 1020. The van der Waals surface area contributed by atoms with Crippen LogP contribution in [0.25, 0.3) is 6.08 Å². The molecule has 1 fully saturated rings. The van der Waals surface area contributed by atoms with Crippen molar-refractivity contribution in [3.8, 4) is 0 Å². The first-order chi connectivity index (χ1) is 14.0. The summed E-state index contributed by atoms with van der Waals surface area (Å²) in [5.74, 6) is 1.10. The van der Waals surface area contributed by atoms with Crippen LogP contribution in [-0.2, 0) is 12.8 Å². The van der Waals surface area contributed by atoms with Gasteiger partial charge in [-0.25, -0.2) is 0 Å². The first-order valence-electron chi connectivity index (χ1n) is 10.1. The quantitative estimate of drug-likeness (QED) is 0.725. The molecule has 1 aromatic carbocycles. The summed E-state index contributed by atoms with van der Waals surface area (Å²) in [6, 6.07) is 8.07. The number of amidine groups is 1. The maximum Gasteiger partial charge on any atom is 0.108 e. The van der Waals surface area contributed by atoms with Gasteiger partial charge in [0.05, 0.1) is 22.3 Å². The van der Waals surface area contributed by atoms with Gasteiger partial charge in [-0.1, -0.05) is 35.3 Å². The number of hydrogen-bond donors (Lipinski definition) is 1. The number of aromatic nitrogens is 1. The maximum absolute atomic E-state index is 6.31. The van der Waals surface area contributed by atoms with Crippen LogP contribution in [0, 0.1) is 5.41 Å². The molecule has 6 heteroatoms. The van der Waals surface area contributed by atoms with Gasteiger partial charge in [0.25, 0.3) is 0 Å². The van der Waals surface area contributed by atoms with E-state index in [1.807, 2.05) is 24.4 Å². The highest BCUT2D eigenvalue weighted by Crippen LogP contribution is 2.44. The van der Waals surface area contributed by atoms with E-state index in [-0.39, 0.29) is 5.41 Å². The van der Waals surface area contributed by atoms with Crippen LogP contribution >= 0.6 is 23.2 Å². The highest BCUT2D eigenvalue weighted by atomic mass is 35.5. The Hall–Kier alpha value is -1.88. The molecular formula is C23H24Cl2N4. The molecule has 2 aliphatic heterocycles. The number of nitrogens with zero attached hydrogens (tertiary/aromatic N) is 3. The van der Waals surface area contributed by atoms with Gasteiger partial charge in [0.2, 0.25) is 0 Å². The highest BCUT2D eigenvalue weighted by Gasteiger charge is 2.42. The molecular weight excluding hydrogens is 403 g/mol. The number of likely N-dealkylation sites (tertiary alicyclic amines) is 1. The van der Waals surface area contributed by atoms with Gasteiger partial charge in [-0.15, -0.1) is 0 Å². The zero-order chi connectivity index (χ0) is 20.0. The van der Waals surface area contributed by atoms with E-state index in [0.717, 1.165) is 56.0 Å². The predicted octanol–water partition coefficient (Wildman–Crippen LogP) is 5.11. The number of anilines is 1. The second-order valence-corrected chi connectivity index (χ2v) is 9.31. The Balaban J connectivity index is 1.46. The number of benzene rings is 1. The second kappa shape index (κ2) is 7.42. The summed E-state index contributed by atoms with van der Waals surface area (Å²) >= 11 is 12.6. The number of pyridine rings is 1. The summed E-state index contributed by atoms with van der Waals surface area (Å²) in [5.41, 5.74) is 6.00. The molecule has 150 valence electrons. The second-order valence-electron chi connectivity index (χ2n) is 8.49. The standard InChI is InChI=1S/C23H24Cl2N4/c1-29-7-4-23(5-8-29)13-17-11-18(24)19(25)12-21(17)28-22(23)27-14-15-9-16-3-2-6-26-20(16)10-15/h2-3,6,9,11-12H,4-5,7-8,10,13-14H2,1H3,(H,27,28). The summed E-state index contributed by atoms with van der Waals surface area (Å²) in [7, 11) is 2.19. The smallest absolute Gasteiger partial charge is 0.108 e. The van der Waals surface area contributed by atoms with E-state index in [0.29, 0.717) is 16.6 Å². The molecule has 0 unspecified atom stereocenters. The number of rotatable bonds is 2. The first kappa shape index (κ1) is 19.1. The van der Waals surface area contributed by atoms with Gasteiger partial charge in [0.1, 0.15) is 5.84 Å². The van der Waals surface area contributed by atoms with Crippen LogP contribution in [0.4, 0.5) is 5.69 Å². The maximum atomic E-state index is 6.31. The van der Waals surface area contributed by atoms with E-state index in [1.54, 1.807) is 0 Å². The molecule has 0 saturated carbocycles. The molecule has 2 aromatic rings. The number of piperidine rings is 1. The van der Waals surface area contributed by atoms with Crippen LogP contribution in [0.3, 0.4) is 0 Å². The number of hydrogen-bond acceptors (Lipinski definition) is 3. The third kappa shape index (κ3) is 3.58. The predicted molar refractivity (Wildman–Crippen MR) is 121 cm³/mol. The third-order valence-corrected chi connectivity index (χ3v) is 7.22. The number of aliphatic imine (C=N–C) groups is 1. The zero-order valence-corrected chi connectivity index (χ0v) is 18.0. The van der Waals surface area contributed by atoms with Gasteiger partial charge < -0.3 is 10.2 Å². The van der Waals surface area contributed by atoms with Crippen molar-refractivity contribution in [3.63, 3.8) is 0 Å². The van der Waals surface area contributed by atoms with Crippen LogP contribution < -0.4 is 5.32 Å². The van der Waals surface area contributed by atoms with E-state index in [9.17, 15) is 0 Å². The van der Waals surface area contributed by atoms with E-state index in [4.69, 9.17) is 28.2 Å². The Labute approximate surface area is 181 Å². The van der Waals surface area contributed by atoms with Gasteiger partial charge in [-0.05, 0) is 74.3 Å². The SMILES string of the molecule is CN1CCC2(CC1)Cc1cc(Cl)c(Cl)cc1NC2=NCC1=Cc2cccnc2C1. The molecule has 0 atom stereocenters. The summed E-state index contributed by atoms with van der Waals surface area (Å²) in [5, 5.41) is 4.83. The zero-order valence-electron chi connectivity index (χ0n) is 16.5. The minimum absolute atomic E-state index is 0.0426. The molecule has 0 bridgehead atoms. The third-order valence-electron chi connectivity index (χ3n) is 6.49. The van der Waals surface area contributed by atoms with Crippen molar-refractivity contribution >= 4 is 40.8 Å². The summed E-state index contributed by atoms with van der Waals surface area (Å²) in [6.45, 7) is 2.86. The van der Waals surface area contributed by atoms with Crippen molar-refractivity contribution in [1.29, 1.82) is 0 Å². The monoisotopic (exact) mass is 426 g/mol. The van der Waals surface area contributed by atoms with Crippen LogP contribution in [0.15, 0.2) is 41.0 Å². The lowest BCUT2D eigenvalue weighted by atomic mass is 9.70. The van der Waals surface area contributed by atoms with Crippen molar-refractivity contribution in [3.05, 3.63) is 62.9 Å². The molecule has 1 N–H and O–H groups in total. The molecule has 1 aliphatic carbocycles. The van der Waals surface area contributed by atoms with Gasteiger partial charge in [0, 0.05) is 23.7 Å². The first-order valence-corrected chi connectivity index (χ1v) is 10.9. The fraction of sp³-hybridized carbons (Fsp3) is 0.391. The largest absolute Gasteiger partial charge is 0.343 e. The molecule has 0 radical (unpaired) electrons. The van der Waals surface area contributed by atoms with Crippen LogP contribution in [-0.4, -0.2) is 42.4 Å². The minimum atomic E-state index is 0.0426. The number of halogens is 2. The van der Waals surface area contributed by atoms with Gasteiger partial charge in [-0.3, -0.25) is 9.98 Å². The molecule has 1 spiro atoms. The molecule has 4 nitrogen and oxygen atoms in total. The average Bonchev–Trinajstić information content (AvgIpc) is 3.13. The van der Waals surface area contributed by atoms with Crippen molar-refractivity contribution in [1.82, 2.24) is 9.88 Å². The molecule has 5 rings (SSSR count). The van der Waals surface area contributed by atoms with Crippen LogP contribution in [0.5, 0.6) is 0 Å². The molecule has 29 heavy (non-hydrogen) atoms. The van der Waals surface area contributed by atoms with E-state index in [2.05, 4.69) is 34.4 Å². The number of fused-ring (bicyclic) bond motifs is 2. The average molecular weight is 427 g/mol. The van der Waals surface area contributed by atoms with Crippen molar-refractivity contribution < 1.29 is 0 Å². The summed E-state index contributed by atoms with van der Waals surface area (Å²) < 4.78 is 0. The molecule has 3 aliphatic rings. The van der Waals surface area contributed by atoms with Gasteiger partial charge in [-0.2, -0.15) is 0 Å². The molecule has 3 heterocycles. The lowest BCUT2D eigenvalue weighted by molar-refractivity contribution is 0.178. The Morgan fingerprint density at radius 2 is 2.00 bits per heavy atom. The fourth-order valence-corrected chi connectivity index (χ4v) is 5.07. The molecule has 1 saturated heterocycles. The number of nitrogens with one attached hydrogen (secondary N) is 1.